The van der Waals surface area contributed by atoms with Gasteiger partial charge in [0.1, 0.15) is 0 Å². The molecule has 0 aliphatic heterocycles. The van der Waals surface area contributed by atoms with Crippen molar-refractivity contribution in [1.82, 2.24) is 20.4 Å². The summed E-state index contributed by atoms with van der Waals surface area (Å²) in [7, 11) is 0. The van der Waals surface area contributed by atoms with E-state index in [1.54, 1.807) is 12.4 Å². The van der Waals surface area contributed by atoms with Gasteiger partial charge in [0.25, 0.3) is 0 Å². The lowest BCUT2D eigenvalue weighted by molar-refractivity contribution is 0.370. The quantitative estimate of drug-likeness (QED) is 0.628. The van der Waals surface area contributed by atoms with Crippen molar-refractivity contribution in [3.63, 3.8) is 0 Å². The number of hydrogen-bond acceptors (Lipinski definition) is 5. The van der Waals surface area contributed by atoms with Crippen LogP contribution in [0.2, 0.25) is 0 Å². The smallest absolute Gasteiger partial charge is 0.240 e. The van der Waals surface area contributed by atoms with Crippen molar-refractivity contribution in [2.24, 2.45) is 0 Å². The van der Waals surface area contributed by atoms with E-state index in [2.05, 4.69) is 26.4 Å². The average molecular weight is 228 g/mol. The van der Waals surface area contributed by atoms with Crippen LogP contribution in [0.25, 0.3) is 11.4 Å². The van der Waals surface area contributed by atoms with Crippen LogP contribution in [0.15, 0.2) is 23.0 Å². The minimum atomic E-state index is 0.474. The minimum absolute atomic E-state index is 0.474. The second-order valence-corrected chi connectivity index (χ2v) is 3.51. The summed E-state index contributed by atoms with van der Waals surface area (Å²) in [5.41, 5.74) is 1.93. The molecule has 0 fully saturated rings. The van der Waals surface area contributed by atoms with Gasteiger partial charge < -0.3 is 4.52 Å². The van der Waals surface area contributed by atoms with E-state index < -0.39 is 0 Å². The van der Waals surface area contributed by atoms with Crippen LogP contribution in [-0.2, 0) is 6.54 Å². The predicted octanol–water partition coefficient (Wildman–Crippen LogP) is 1.16. The molecule has 0 saturated carbocycles. The molecule has 5 nitrogen and oxygen atoms in total. The van der Waals surface area contributed by atoms with E-state index in [0.29, 0.717) is 24.8 Å². The van der Waals surface area contributed by atoms with E-state index in [9.17, 15) is 0 Å². The first-order valence-corrected chi connectivity index (χ1v) is 5.19. The number of aromatic nitrogens is 3. The highest BCUT2D eigenvalue weighted by molar-refractivity contribution is 5.57. The maximum Gasteiger partial charge on any atom is 0.240 e. The number of nitrogens with one attached hydrogen (secondary N) is 1. The topological polar surface area (TPSA) is 63.8 Å². The first-order chi connectivity index (χ1) is 8.31. The second kappa shape index (κ2) is 5.23. The Labute approximate surface area is 99.3 Å². The lowest BCUT2D eigenvalue weighted by Gasteiger charge is -1.97. The summed E-state index contributed by atoms with van der Waals surface area (Å²) in [4.78, 5) is 8.29. The van der Waals surface area contributed by atoms with E-state index in [-0.39, 0.29) is 0 Å². The number of terminal acetylenes is 1. The Morgan fingerprint density at radius 3 is 3.18 bits per heavy atom. The van der Waals surface area contributed by atoms with E-state index in [4.69, 9.17) is 10.9 Å². The average Bonchev–Trinajstić information content (AvgIpc) is 2.79. The fraction of sp³-hybridized carbons (Fsp3) is 0.250. The molecule has 5 heteroatoms. The van der Waals surface area contributed by atoms with Crippen LogP contribution in [0.3, 0.4) is 0 Å². The van der Waals surface area contributed by atoms with Gasteiger partial charge in [0.15, 0.2) is 0 Å². The Bertz CT molecular complexity index is 541. The van der Waals surface area contributed by atoms with Gasteiger partial charge in [0, 0.05) is 18.0 Å². The number of aryl methyl sites for hydroxylation is 1. The molecule has 0 spiro atoms. The fourth-order valence-electron chi connectivity index (χ4n) is 1.40. The summed E-state index contributed by atoms with van der Waals surface area (Å²) in [6, 6.07) is 1.86. The lowest BCUT2D eigenvalue weighted by Crippen LogP contribution is -2.13. The molecule has 2 rings (SSSR count). The van der Waals surface area contributed by atoms with E-state index >= 15 is 0 Å². The van der Waals surface area contributed by atoms with Gasteiger partial charge in [-0.1, -0.05) is 11.1 Å². The van der Waals surface area contributed by atoms with Gasteiger partial charge >= 0.3 is 0 Å². The van der Waals surface area contributed by atoms with Gasteiger partial charge in [-0.2, -0.15) is 4.98 Å². The largest absolute Gasteiger partial charge is 0.338 e. The molecule has 0 amide bonds. The number of hydrogen-bond donors (Lipinski definition) is 1. The maximum absolute atomic E-state index is 5.12. The summed E-state index contributed by atoms with van der Waals surface area (Å²) in [6.45, 7) is 2.91. The predicted molar refractivity (Wildman–Crippen MR) is 62.8 cm³/mol. The molecule has 0 atom stereocenters. The van der Waals surface area contributed by atoms with Crippen molar-refractivity contribution in [3.8, 4) is 23.7 Å². The first kappa shape index (κ1) is 11.3. The van der Waals surface area contributed by atoms with E-state index in [1.807, 2.05) is 13.0 Å². The zero-order valence-electron chi connectivity index (χ0n) is 9.47. The van der Waals surface area contributed by atoms with Crippen LogP contribution in [-0.4, -0.2) is 21.7 Å². The molecular weight excluding hydrogens is 216 g/mol. The molecule has 2 aromatic rings. The molecular formula is C12H12N4O. The van der Waals surface area contributed by atoms with Crippen molar-refractivity contribution >= 4 is 0 Å². The van der Waals surface area contributed by atoms with Crippen molar-refractivity contribution in [3.05, 3.63) is 29.9 Å². The first-order valence-electron chi connectivity index (χ1n) is 5.19. The van der Waals surface area contributed by atoms with E-state index in [0.717, 1.165) is 11.1 Å². The van der Waals surface area contributed by atoms with Crippen LogP contribution >= 0.6 is 0 Å². The highest BCUT2D eigenvalue weighted by Gasteiger charge is 2.09. The Balaban J connectivity index is 2.14. The molecule has 2 heterocycles. The third-order valence-corrected chi connectivity index (χ3v) is 2.23. The third-order valence-electron chi connectivity index (χ3n) is 2.23. The van der Waals surface area contributed by atoms with Crippen molar-refractivity contribution in [1.29, 1.82) is 0 Å². The third kappa shape index (κ3) is 2.68. The summed E-state index contributed by atoms with van der Waals surface area (Å²) >= 11 is 0. The molecule has 0 bridgehead atoms. The van der Waals surface area contributed by atoms with Crippen molar-refractivity contribution in [2.45, 2.75) is 13.5 Å². The van der Waals surface area contributed by atoms with Gasteiger partial charge in [0.05, 0.1) is 13.1 Å². The maximum atomic E-state index is 5.12. The number of rotatable bonds is 4. The molecule has 17 heavy (non-hydrogen) atoms. The van der Waals surface area contributed by atoms with Crippen LogP contribution in [0.5, 0.6) is 0 Å². The van der Waals surface area contributed by atoms with Gasteiger partial charge in [-0.3, -0.25) is 10.3 Å². The Hall–Kier alpha value is -2.19. The normalized spacial score (nSPS) is 10.1. The summed E-state index contributed by atoms with van der Waals surface area (Å²) in [5.74, 6) is 3.57. The van der Waals surface area contributed by atoms with Gasteiger partial charge in [0.2, 0.25) is 11.7 Å². The molecule has 2 aromatic heterocycles. The van der Waals surface area contributed by atoms with Crippen molar-refractivity contribution < 1.29 is 4.52 Å². The Kier molecular flexibility index (Phi) is 3.48. The van der Waals surface area contributed by atoms with Gasteiger partial charge in [-0.05, 0) is 18.6 Å². The van der Waals surface area contributed by atoms with E-state index in [1.165, 1.54) is 0 Å². The second-order valence-electron chi connectivity index (χ2n) is 3.51. The van der Waals surface area contributed by atoms with Gasteiger partial charge in [-0.25, -0.2) is 0 Å². The lowest BCUT2D eigenvalue weighted by atomic mass is 10.1. The molecule has 1 N–H and O–H groups in total. The molecule has 0 aromatic carbocycles. The Morgan fingerprint density at radius 1 is 1.53 bits per heavy atom. The summed E-state index contributed by atoms with van der Waals surface area (Å²) in [5, 5.41) is 6.91. The SMILES string of the molecule is C#CCNCc1nc(-c2ccncc2C)no1. The Morgan fingerprint density at radius 2 is 2.41 bits per heavy atom. The molecule has 0 saturated heterocycles. The molecule has 86 valence electrons. The van der Waals surface area contributed by atoms with Crippen LogP contribution in [0.1, 0.15) is 11.5 Å². The monoisotopic (exact) mass is 228 g/mol. The molecule has 0 unspecified atom stereocenters. The zero-order chi connectivity index (χ0) is 12.1. The fourth-order valence-corrected chi connectivity index (χ4v) is 1.40. The van der Waals surface area contributed by atoms with Crippen LogP contribution < -0.4 is 5.32 Å². The molecule has 0 radical (unpaired) electrons. The summed E-state index contributed by atoms with van der Waals surface area (Å²) in [6.07, 6.45) is 8.59. The minimum Gasteiger partial charge on any atom is -0.338 e. The van der Waals surface area contributed by atoms with Gasteiger partial charge in [-0.15, -0.1) is 6.42 Å². The highest BCUT2D eigenvalue weighted by Crippen LogP contribution is 2.18. The zero-order valence-corrected chi connectivity index (χ0v) is 9.47. The number of pyridine rings is 1. The highest BCUT2D eigenvalue weighted by atomic mass is 16.5. The molecule has 0 aliphatic carbocycles. The standard InChI is InChI=1S/C12H12N4O/c1-3-5-13-8-11-15-12(16-17-11)10-4-6-14-7-9(10)2/h1,4,6-7,13H,5,8H2,2H3. The van der Waals surface area contributed by atoms with Crippen LogP contribution in [0.4, 0.5) is 0 Å². The van der Waals surface area contributed by atoms with Crippen molar-refractivity contribution in [2.75, 3.05) is 6.54 Å². The summed E-state index contributed by atoms with van der Waals surface area (Å²) < 4.78 is 5.11. The molecule has 0 aliphatic rings. The van der Waals surface area contributed by atoms with Crippen LogP contribution in [0, 0.1) is 19.3 Å². The number of nitrogens with zero attached hydrogens (tertiary/aromatic N) is 3.